The molecule has 3 unspecified atom stereocenters. The van der Waals surface area contributed by atoms with Crippen LogP contribution in [0.5, 0.6) is 0 Å². The first-order valence-electron chi connectivity index (χ1n) is 9.10. The summed E-state index contributed by atoms with van der Waals surface area (Å²) in [5, 5.41) is 16.3. The lowest BCUT2D eigenvalue weighted by atomic mass is 10.0. The first-order chi connectivity index (χ1) is 13.5. The van der Waals surface area contributed by atoms with E-state index in [1.165, 1.54) is 11.8 Å². The first kappa shape index (κ1) is 26.7. The summed E-state index contributed by atoms with van der Waals surface area (Å²) in [6.07, 6.45) is 1.98. The Kier molecular flexibility index (Phi) is 12.7. The van der Waals surface area contributed by atoms with Crippen molar-refractivity contribution in [1.29, 1.82) is 0 Å². The number of carbonyl (C=O) groups excluding carboxylic acids is 4. The van der Waals surface area contributed by atoms with Gasteiger partial charge in [0.05, 0.1) is 19.0 Å². The van der Waals surface area contributed by atoms with E-state index in [0.717, 1.165) is 0 Å². The fraction of sp³-hybridized carbons (Fsp3) is 0.706. The summed E-state index contributed by atoms with van der Waals surface area (Å²) < 4.78 is 0. The van der Waals surface area contributed by atoms with Crippen molar-refractivity contribution in [3.05, 3.63) is 0 Å². The highest BCUT2D eigenvalue weighted by atomic mass is 32.2. The van der Waals surface area contributed by atoms with Gasteiger partial charge in [0.15, 0.2) is 0 Å². The van der Waals surface area contributed by atoms with E-state index in [0.29, 0.717) is 5.75 Å². The van der Waals surface area contributed by atoms with Crippen molar-refractivity contribution >= 4 is 41.4 Å². The summed E-state index contributed by atoms with van der Waals surface area (Å²) in [4.78, 5) is 58.5. The summed E-state index contributed by atoms with van der Waals surface area (Å²) in [5.41, 5.74) is 10.6. The Balaban J connectivity index is 4.80. The van der Waals surface area contributed by atoms with E-state index in [9.17, 15) is 24.0 Å². The number of aliphatic carboxylic acids is 1. The number of nitrogens with two attached hydrogens (primary N) is 2. The molecule has 0 aromatic rings. The van der Waals surface area contributed by atoms with Crippen molar-refractivity contribution in [3.63, 3.8) is 0 Å². The minimum absolute atomic E-state index is 0.0572. The highest BCUT2D eigenvalue weighted by Gasteiger charge is 2.25. The normalized spacial score (nSPS) is 13.8. The molecule has 12 heteroatoms. The number of nitrogens with one attached hydrogen (secondary N) is 3. The Morgan fingerprint density at radius 2 is 1.66 bits per heavy atom. The molecular formula is C17H31N5O6S. The van der Waals surface area contributed by atoms with Gasteiger partial charge < -0.3 is 32.5 Å². The van der Waals surface area contributed by atoms with E-state index in [4.69, 9.17) is 16.6 Å². The van der Waals surface area contributed by atoms with Crippen LogP contribution in [0.3, 0.4) is 0 Å². The van der Waals surface area contributed by atoms with Crippen molar-refractivity contribution in [2.24, 2.45) is 17.4 Å². The van der Waals surface area contributed by atoms with Gasteiger partial charge in [-0.1, -0.05) is 13.8 Å². The molecule has 0 rings (SSSR count). The number of carbonyl (C=O) groups is 5. The molecule has 0 fully saturated rings. The Morgan fingerprint density at radius 1 is 1.03 bits per heavy atom. The summed E-state index contributed by atoms with van der Waals surface area (Å²) in [7, 11) is 0. The molecule has 0 aliphatic rings. The van der Waals surface area contributed by atoms with Crippen molar-refractivity contribution in [3.8, 4) is 0 Å². The zero-order chi connectivity index (χ0) is 22.6. The quantitative estimate of drug-likeness (QED) is 0.184. The predicted molar refractivity (Wildman–Crippen MR) is 109 cm³/mol. The number of hydrogen-bond acceptors (Lipinski definition) is 7. The lowest BCUT2D eigenvalue weighted by molar-refractivity contribution is -0.142. The fourth-order valence-corrected chi connectivity index (χ4v) is 2.79. The monoisotopic (exact) mass is 433 g/mol. The van der Waals surface area contributed by atoms with Crippen LogP contribution in [0.1, 0.15) is 33.1 Å². The largest absolute Gasteiger partial charge is 0.480 e. The number of amides is 4. The molecular weight excluding hydrogens is 402 g/mol. The molecule has 29 heavy (non-hydrogen) atoms. The summed E-state index contributed by atoms with van der Waals surface area (Å²) in [6.45, 7) is 3.21. The standard InChI is InChI=1S/C17H31N5O6S/c1-9(2)6-12(17(27)28)21-14(24)8-20-16(26)11(4-5-29-3)22-15(25)10(18)7-13(19)23/h9-12H,4-8,18H2,1-3H3,(H2,19,23)(H,20,26)(H,21,24)(H,22,25)(H,27,28). The SMILES string of the molecule is CSCCC(NC(=O)C(N)CC(N)=O)C(=O)NCC(=O)NC(CC(C)C)C(=O)O. The Hall–Kier alpha value is -2.34. The smallest absolute Gasteiger partial charge is 0.326 e. The molecule has 4 amide bonds. The minimum atomic E-state index is -1.19. The van der Waals surface area contributed by atoms with E-state index >= 15 is 0 Å². The van der Waals surface area contributed by atoms with E-state index in [1.807, 2.05) is 20.1 Å². The molecule has 0 aliphatic heterocycles. The summed E-state index contributed by atoms with van der Waals surface area (Å²) in [6, 6.07) is -3.21. The molecule has 166 valence electrons. The topological polar surface area (TPSA) is 194 Å². The van der Waals surface area contributed by atoms with E-state index in [2.05, 4.69) is 16.0 Å². The van der Waals surface area contributed by atoms with Gasteiger partial charge in [-0.25, -0.2) is 4.79 Å². The second-order valence-electron chi connectivity index (χ2n) is 6.93. The van der Waals surface area contributed by atoms with Crippen molar-refractivity contribution in [2.75, 3.05) is 18.6 Å². The van der Waals surface area contributed by atoms with Crippen molar-refractivity contribution in [2.45, 2.75) is 51.2 Å². The zero-order valence-electron chi connectivity index (χ0n) is 16.9. The average molecular weight is 434 g/mol. The third-order valence-electron chi connectivity index (χ3n) is 3.77. The van der Waals surface area contributed by atoms with Crippen LogP contribution in [0.2, 0.25) is 0 Å². The van der Waals surface area contributed by atoms with Gasteiger partial charge in [0.2, 0.25) is 23.6 Å². The van der Waals surface area contributed by atoms with Gasteiger partial charge >= 0.3 is 5.97 Å². The van der Waals surface area contributed by atoms with Gasteiger partial charge in [0.1, 0.15) is 12.1 Å². The third kappa shape index (κ3) is 12.0. The highest BCUT2D eigenvalue weighted by molar-refractivity contribution is 7.98. The minimum Gasteiger partial charge on any atom is -0.480 e. The van der Waals surface area contributed by atoms with Crippen LogP contribution in [-0.4, -0.2) is 71.4 Å². The number of hydrogen-bond donors (Lipinski definition) is 6. The molecule has 0 aliphatic carbocycles. The Morgan fingerprint density at radius 3 is 2.14 bits per heavy atom. The van der Waals surface area contributed by atoms with E-state index in [1.54, 1.807) is 0 Å². The van der Waals surface area contributed by atoms with Crippen molar-refractivity contribution in [1.82, 2.24) is 16.0 Å². The molecule has 0 spiro atoms. The van der Waals surface area contributed by atoms with Crippen LogP contribution in [-0.2, 0) is 24.0 Å². The number of carboxylic acids is 1. The molecule has 0 heterocycles. The average Bonchev–Trinajstić information content (AvgIpc) is 2.61. The van der Waals surface area contributed by atoms with E-state index < -0.39 is 54.3 Å². The van der Waals surface area contributed by atoms with E-state index in [-0.39, 0.29) is 25.2 Å². The van der Waals surface area contributed by atoms with Gasteiger partial charge in [-0.05, 0) is 30.8 Å². The predicted octanol–water partition coefficient (Wildman–Crippen LogP) is -1.84. The maximum Gasteiger partial charge on any atom is 0.326 e. The zero-order valence-corrected chi connectivity index (χ0v) is 17.7. The van der Waals surface area contributed by atoms with Crippen LogP contribution in [0.25, 0.3) is 0 Å². The number of carboxylic acid groups (broad SMARTS) is 1. The molecule has 11 nitrogen and oxygen atoms in total. The van der Waals surface area contributed by atoms with Crippen LogP contribution in [0.15, 0.2) is 0 Å². The second-order valence-corrected chi connectivity index (χ2v) is 7.91. The van der Waals surface area contributed by atoms with Crippen LogP contribution in [0.4, 0.5) is 0 Å². The molecule has 8 N–H and O–H groups in total. The maximum absolute atomic E-state index is 12.4. The van der Waals surface area contributed by atoms with Gasteiger partial charge in [-0.2, -0.15) is 11.8 Å². The molecule has 0 aromatic heterocycles. The summed E-state index contributed by atoms with van der Waals surface area (Å²) in [5.74, 6) is -3.29. The van der Waals surface area contributed by atoms with Gasteiger partial charge in [-0.3, -0.25) is 19.2 Å². The lowest BCUT2D eigenvalue weighted by Gasteiger charge is -2.21. The summed E-state index contributed by atoms with van der Waals surface area (Å²) >= 11 is 1.45. The van der Waals surface area contributed by atoms with Gasteiger partial charge in [0.25, 0.3) is 0 Å². The number of primary amides is 1. The Labute approximate surface area is 174 Å². The molecule has 3 atom stereocenters. The van der Waals surface area contributed by atoms with Gasteiger partial charge in [0, 0.05) is 0 Å². The number of thioether (sulfide) groups is 1. The van der Waals surface area contributed by atoms with Gasteiger partial charge in [-0.15, -0.1) is 0 Å². The number of rotatable bonds is 14. The molecule has 0 saturated carbocycles. The lowest BCUT2D eigenvalue weighted by Crippen LogP contribution is -2.54. The maximum atomic E-state index is 12.4. The highest BCUT2D eigenvalue weighted by Crippen LogP contribution is 2.05. The second kappa shape index (κ2) is 13.8. The van der Waals surface area contributed by atoms with Crippen LogP contribution in [0, 0.1) is 5.92 Å². The molecule has 0 aromatic carbocycles. The third-order valence-corrected chi connectivity index (χ3v) is 4.41. The Bertz CT molecular complexity index is 601. The molecule has 0 bridgehead atoms. The van der Waals surface area contributed by atoms with Crippen LogP contribution < -0.4 is 27.4 Å². The molecule has 0 radical (unpaired) electrons. The van der Waals surface area contributed by atoms with Crippen LogP contribution >= 0.6 is 11.8 Å². The fourth-order valence-electron chi connectivity index (χ4n) is 2.32. The first-order valence-corrected chi connectivity index (χ1v) is 10.5. The molecule has 0 saturated heterocycles. The van der Waals surface area contributed by atoms with Crippen molar-refractivity contribution < 1.29 is 29.1 Å².